The fourth-order valence-corrected chi connectivity index (χ4v) is 4.25. The summed E-state index contributed by atoms with van der Waals surface area (Å²) >= 11 is 0. The lowest BCUT2D eigenvalue weighted by atomic mass is 10.1. The number of carbonyl (C=O) groups excluding carboxylic acids is 1. The van der Waals surface area contributed by atoms with Gasteiger partial charge in [0.1, 0.15) is 23.7 Å². The molecular formula is C20H21FN6O. The van der Waals surface area contributed by atoms with Gasteiger partial charge >= 0.3 is 0 Å². The van der Waals surface area contributed by atoms with Crippen LogP contribution in [-0.4, -0.2) is 48.9 Å². The summed E-state index contributed by atoms with van der Waals surface area (Å²) in [6.45, 7) is 5.53. The van der Waals surface area contributed by atoms with Crippen molar-refractivity contribution < 1.29 is 9.18 Å². The normalized spacial score (nSPS) is 23.3. The number of H-pyrrole nitrogens is 1. The Hall–Kier alpha value is -3.03. The van der Waals surface area contributed by atoms with Gasteiger partial charge in [-0.1, -0.05) is 13.8 Å². The van der Waals surface area contributed by atoms with Crippen molar-refractivity contribution in [1.82, 2.24) is 29.9 Å². The molecule has 1 saturated carbocycles. The zero-order chi connectivity index (χ0) is 19.4. The van der Waals surface area contributed by atoms with Crippen LogP contribution >= 0.6 is 0 Å². The van der Waals surface area contributed by atoms with E-state index in [0.717, 1.165) is 17.2 Å². The lowest BCUT2D eigenvalue weighted by Gasteiger charge is -2.18. The number of benzene rings is 1. The molecule has 144 valence electrons. The Labute approximate surface area is 161 Å². The molecule has 0 spiro atoms. The number of fused-ring (bicyclic) bond motifs is 1. The molecule has 5 rings (SSSR count). The van der Waals surface area contributed by atoms with E-state index in [1.165, 1.54) is 12.1 Å². The van der Waals surface area contributed by atoms with Gasteiger partial charge in [-0.2, -0.15) is 5.10 Å². The summed E-state index contributed by atoms with van der Waals surface area (Å²) in [6.07, 6.45) is 1.66. The van der Waals surface area contributed by atoms with Gasteiger partial charge in [0.15, 0.2) is 0 Å². The van der Waals surface area contributed by atoms with E-state index in [9.17, 15) is 9.18 Å². The summed E-state index contributed by atoms with van der Waals surface area (Å²) in [7, 11) is 0. The van der Waals surface area contributed by atoms with Crippen LogP contribution < -0.4 is 0 Å². The quantitative estimate of drug-likeness (QED) is 0.755. The summed E-state index contributed by atoms with van der Waals surface area (Å²) < 4.78 is 15.1. The minimum Gasteiger partial charge on any atom is -0.337 e. The molecule has 2 aliphatic rings. The molecule has 2 fully saturated rings. The van der Waals surface area contributed by atoms with Gasteiger partial charge in [0.25, 0.3) is 5.91 Å². The first-order chi connectivity index (χ1) is 13.5. The minimum atomic E-state index is -0.269. The van der Waals surface area contributed by atoms with E-state index in [-0.39, 0.29) is 17.6 Å². The number of amides is 1. The summed E-state index contributed by atoms with van der Waals surface area (Å²) in [5, 5.41) is 15.5. The molecule has 3 atom stereocenters. The van der Waals surface area contributed by atoms with Crippen LogP contribution in [0.25, 0.3) is 5.69 Å². The van der Waals surface area contributed by atoms with Crippen molar-refractivity contribution in [2.45, 2.75) is 25.7 Å². The third kappa shape index (κ3) is 2.71. The molecule has 1 aliphatic carbocycles. The Morgan fingerprint density at radius 3 is 2.57 bits per heavy atom. The maximum absolute atomic E-state index is 13.2. The largest absolute Gasteiger partial charge is 0.337 e. The van der Waals surface area contributed by atoms with Crippen LogP contribution in [0.4, 0.5) is 4.39 Å². The first-order valence-electron chi connectivity index (χ1n) is 9.53. The molecule has 2 aromatic heterocycles. The van der Waals surface area contributed by atoms with Gasteiger partial charge in [0.05, 0.1) is 0 Å². The molecular weight excluding hydrogens is 359 g/mol. The van der Waals surface area contributed by atoms with Gasteiger partial charge in [0, 0.05) is 30.4 Å². The summed E-state index contributed by atoms with van der Waals surface area (Å²) in [5.74, 6) is 1.96. The van der Waals surface area contributed by atoms with Crippen LogP contribution in [0, 0.1) is 17.7 Å². The van der Waals surface area contributed by atoms with Crippen LogP contribution in [0.3, 0.4) is 0 Å². The van der Waals surface area contributed by atoms with Crippen molar-refractivity contribution in [1.29, 1.82) is 0 Å². The zero-order valence-corrected chi connectivity index (χ0v) is 15.7. The number of piperidine rings is 1. The number of hydrogen-bond acceptors (Lipinski definition) is 4. The molecule has 7 nitrogen and oxygen atoms in total. The second kappa shape index (κ2) is 6.25. The van der Waals surface area contributed by atoms with Crippen LogP contribution in [0.1, 0.15) is 47.7 Å². The number of hydrogen-bond donors (Lipinski definition) is 1. The molecule has 1 aromatic carbocycles. The van der Waals surface area contributed by atoms with Crippen LogP contribution in [-0.2, 0) is 0 Å². The SMILES string of the molecule is CC(C)c1cc(C(=O)N2C[C@@H]3C(c4nncn4-c4ccc(F)cc4)[C@@H]3C2)n[nH]1. The average Bonchev–Trinajstić information content (AvgIpc) is 3.21. The number of halogens is 1. The topological polar surface area (TPSA) is 79.7 Å². The summed E-state index contributed by atoms with van der Waals surface area (Å²) in [5.41, 5.74) is 2.30. The summed E-state index contributed by atoms with van der Waals surface area (Å²) in [4.78, 5) is 14.6. The number of nitrogens with one attached hydrogen (secondary N) is 1. The van der Waals surface area contributed by atoms with E-state index < -0.39 is 0 Å². The van der Waals surface area contributed by atoms with Crippen molar-refractivity contribution in [3.63, 3.8) is 0 Å². The number of likely N-dealkylation sites (tertiary alicyclic amines) is 1. The molecule has 1 aliphatic heterocycles. The Morgan fingerprint density at radius 1 is 1.21 bits per heavy atom. The highest BCUT2D eigenvalue weighted by molar-refractivity contribution is 5.92. The predicted octanol–water partition coefficient (Wildman–Crippen LogP) is 2.74. The molecule has 1 N–H and O–H groups in total. The standard InChI is InChI=1S/C20H21FN6O/c1-11(2)16-7-17(24-23-16)20(28)26-8-14-15(9-26)18(14)19-25-22-10-27(19)13-5-3-12(21)4-6-13/h3-7,10-11,14-15,18H,8-9H2,1-2H3,(H,23,24)/t14-,15+,18?. The van der Waals surface area contributed by atoms with Crippen LogP contribution in [0.15, 0.2) is 36.7 Å². The van der Waals surface area contributed by atoms with Gasteiger partial charge in [-0.25, -0.2) is 4.39 Å². The van der Waals surface area contributed by atoms with E-state index in [1.807, 2.05) is 15.5 Å². The van der Waals surface area contributed by atoms with E-state index >= 15 is 0 Å². The lowest BCUT2D eigenvalue weighted by Crippen LogP contribution is -2.31. The molecule has 28 heavy (non-hydrogen) atoms. The van der Waals surface area contributed by atoms with Crippen molar-refractivity contribution in [2.24, 2.45) is 11.8 Å². The molecule has 0 radical (unpaired) electrons. The lowest BCUT2D eigenvalue weighted by molar-refractivity contribution is 0.0766. The van der Waals surface area contributed by atoms with Gasteiger partial charge in [0.2, 0.25) is 0 Å². The molecule has 3 heterocycles. The van der Waals surface area contributed by atoms with Gasteiger partial charge < -0.3 is 4.90 Å². The maximum atomic E-state index is 13.2. The Kier molecular flexibility index (Phi) is 3.82. The van der Waals surface area contributed by atoms with Crippen molar-refractivity contribution in [3.8, 4) is 5.69 Å². The molecule has 1 saturated heterocycles. The molecule has 3 aromatic rings. The summed E-state index contributed by atoms with van der Waals surface area (Å²) in [6, 6.07) is 8.16. The van der Waals surface area contributed by atoms with Gasteiger partial charge in [-0.15, -0.1) is 10.2 Å². The van der Waals surface area contributed by atoms with Crippen molar-refractivity contribution in [3.05, 3.63) is 59.7 Å². The second-order valence-corrected chi connectivity index (χ2v) is 7.96. The van der Waals surface area contributed by atoms with E-state index in [4.69, 9.17) is 0 Å². The first kappa shape index (κ1) is 17.1. The van der Waals surface area contributed by atoms with Crippen molar-refractivity contribution >= 4 is 5.91 Å². The van der Waals surface area contributed by atoms with Gasteiger partial charge in [-0.3, -0.25) is 14.5 Å². The number of aromatic nitrogens is 5. The average molecular weight is 380 g/mol. The van der Waals surface area contributed by atoms with Gasteiger partial charge in [-0.05, 0) is 48.1 Å². The highest BCUT2D eigenvalue weighted by Crippen LogP contribution is 2.57. The monoisotopic (exact) mass is 380 g/mol. The third-order valence-electron chi connectivity index (χ3n) is 5.90. The fraction of sp³-hybridized carbons (Fsp3) is 0.400. The Morgan fingerprint density at radius 2 is 1.93 bits per heavy atom. The van der Waals surface area contributed by atoms with Crippen LogP contribution in [0.2, 0.25) is 0 Å². The number of aromatic amines is 1. The zero-order valence-electron chi connectivity index (χ0n) is 15.7. The second-order valence-electron chi connectivity index (χ2n) is 7.96. The molecule has 8 heteroatoms. The Balaban J connectivity index is 1.29. The first-order valence-corrected chi connectivity index (χ1v) is 9.53. The molecule has 0 bridgehead atoms. The predicted molar refractivity (Wildman–Crippen MR) is 99.6 cm³/mol. The fourth-order valence-electron chi connectivity index (χ4n) is 4.25. The van der Waals surface area contributed by atoms with Crippen molar-refractivity contribution in [2.75, 3.05) is 13.1 Å². The van der Waals surface area contributed by atoms with E-state index in [0.29, 0.717) is 36.5 Å². The van der Waals surface area contributed by atoms with Crippen LogP contribution in [0.5, 0.6) is 0 Å². The molecule has 1 amide bonds. The number of rotatable bonds is 4. The third-order valence-corrected chi connectivity index (χ3v) is 5.90. The smallest absolute Gasteiger partial charge is 0.274 e. The van der Waals surface area contributed by atoms with E-state index in [1.54, 1.807) is 18.5 Å². The highest BCUT2D eigenvalue weighted by Gasteiger charge is 2.59. The highest BCUT2D eigenvalue weighted by atomic mass is 19.1. The molecule has 1 unspecified atom stereocenters. The maximum Gasteiger partial charge on any atom is 0.274 e. The van der Waals surface area contributed by atoms with E-state index in [2.05, 4.69) is 34.2 Å². The minimum absolute atomic E-state index is 0.0194. The Bertz CT molecular complexity index is 1010. The number of nitrogens with zero attached hydrogens (tertiary/aromatic N) is 5. The number of carbonyl (C=O) groups is 1.